The Morgan fingerprint density at radius 3 is 2.56 bits per heavy atom. The molecule has 1 unspecified atom stereocenters. The summed E-state index contributed by atoms with van der Waals surface area (Å²) in [7, 11) is -3.34. The Hall–Kier alpha value is -0.960. The summed E-state index contributed by atoms with van der Waals surface area (Å²) >= 11 is 0. The van der Waals surface area contributed by atoms with Crippen molar-refractivity contribution in [3.63, 3.8) is 0 Å². The summed E-state index contributed by atoms with van der Waals surface area (Å²) in [6.07, 6.45) is -0.944. The average molecular weight is 241 g/mol. The van der Waals surface area contributed by atoms with Crippen LogP contribution < -0.4 is 0 Å². The molecule has 0 aromatic heterocycles. The minimum absolute atomic E-state index is 0.0854. The van der Waals surface area contributed by atoms with Crippen LogP contribution in [0.1, 0.15) is 5.56 Å². The summed E-state index contributed by atoms with van der Waals surface area (Å²) in [4.78, 5) is 13.2. The van der Waals surface area contributed by atoms with E-state index in [9.17, 15) is 14.6 Å². The second-order valence-corrected chi connectivity index (χ2v) is 6.11. The molecule has 0 aliphatic heterocycles. The molecule has 0 spiro atoms. The lowest BCUT2D eigenvalue weighted by molar-refractivity contribution is 0.203. The van der Waals surface area contributed by atoms with E-state index in [0.29, 0.717) is 0 Å². The summed E-state index contributed by atoms with van der Waals surface area (Å²) in [5.74, 6) is 0. The zero-order valence-corrected chi connectivity index (χ0v) is 9.88. The van der Waals surface area contributed by atoms with E-state index >= 15 is 0 Å². The van der Waals surface area contributed by atoms with Gasteiger partial charge in [0.25, 0.3) is 0 Å². The zero-order chi connectivity index (χ0) is 12.0. The van der Waals surface area contributed by atoms with E-state index in [2.05, 4.69) is 11.7 Å². The summed E-state index contributed by atoms with van der Waals surface area (Å²) in [6, 6.07) is 9.07. The molecular formula is C11H16NO3P. The van der Waals surface area contributed by atoms with Gasteiger partial charge in [-0.25, -0.2) is 0 Å². The van der Waals surface area contributed by atoms with Crippen molar-refractivity contribution in [3.8, 4) is 0 Å². The van der Waals surface area contributed by atoms with Crippen LogP contribution in [0.3, 0.4) is 0 Å². The minimum Gasteiger partial charge on any atom is -0.391 e. The molecule has 0 saturated carbocycles. The summed E-state index contributed by atoms with van der Waals surface area (Å²) in [5, 5.41) is 9.40. The van der Waals surface area contributed by atoms with Crippen LogP contribution in [-0.2, 0) is 10.7 Å². The molecular weight excluding hydrogens is 225 g/mol. The second kappa shape index (κ2) is 5.94. The second-order valence-electron chi connectivity index (χ2n) is 3.73. The Labute approximate surface area is 95.1 Å². The van der Waals surface area contributed by atoms with E-state index in [1.54, 1.807) is 12.1 Å². The Morgan fingerprint density at radius 1 is 1.38 bits per heavy atom. The molecule has 2 atom stereocenters. The van der Waals surface area contributed by atoms with Gasteiger partial charge in [0.05, 0.1) is 18.8 Å². The van der Waals surface area contributed by atoms with Gasteiger partial charge in [-0.2, -0.15) is 0 Å². The summed E-state index contributed by atoms with van der Waals surface area (Å²) in [5.41, 5.74) is 0.798. The van der Waals surface area contributed by atoms with E-state index in [-0.39, 0.29) is 18.9 Å². The molecule has 0 aliphatic carbocycles. The van der Waals surface area contributed by atoms with Gasteiger partial charge in [-0.1, -0.05) is 30.3 Å². The lowest BCUT2D eigenvalue weighted by Gasteiger charge is -2.14. The summed E-state index contributed by atoms with van der Waals surface area (Å²) < 4.78 is 11.8. The molecule has 0 bridgehead atoms. The van der Waals surface area contributed by atoms with Crippen LogP contribution in [0.25, 0.3) is 0 Å². The van der Waals surface area contributed by atoms with Crippen molar-refractivity contribution in [1.29, 1.82) is 0 Å². The zero-order valence-electron chi connectivity index (χ0n) is 8.99. The topological polar surface area (TPSA) is 69.9 Å². The van der Waals surface area contributed by atoms with Crippen molar-refractivity contribution >= 4 is 14.1 Å². The lowest BCUT2D eigenvalue weighted by Crippen LogP contribution is -2.16. The predicted molar refractivity (Wildman–Crippen MR) is 65.3 cm³/mol. The van der Waals surface area contributed by atoms with Gasteiger partial charge in [-0.15, -0.1) is 0 Å². The summed E-state index contributed by atoms with van der Waals surface area (Å²) in [6.45, 7) is 3.33. The third kappa shape index (κ3) is 4.71. The van der Waals surface area contributed by atoms with E-state index in [0.717, 1.165) is 5.56 Å². The first-order chi connectivity index (χ1) is 7.53. The van der Waals surface area contributed by atoms with Gasteiger partial charge in [0, 0.05) is 6.16 Å². The van der Waals surface area contributed by atoms with Crippen molar-refractivity contribution in [3.05, 3.63) is 35.9 Å². The van der Waals surface area contributed by atoms with Crippen molar-refractivity contribution in [2.24, 2.45) is 4.99 Å². The quantitative estimate of drug-likeness (QED) is 0.586. The number of aliphatic hydroxyl groups is 1. The molecule has 0 heterocycles. The van der Waals surface area contributed by atoms with E-state index < -0.39 is 13.5 Å². The smallest absolute Gasteiger partial charge is 0.207 e. The Morgan fingerprint density at radius 2 is 2.00 bits per heavy atom. The van der Waals surface area contributed by atoms with Gasteiger partial charge in [0.2, 0.25) is 7.37 Å². The van der Waals surface area contributed by atoms with E-state index in [4.69, 9.17) is 0 Å². The highest BCUT2D eigenvalue weighted by atomic mass is 31.2. The fourth-order valence-electron chi connectivity index (χ4n) is 1.47. The van der Waals surface area contributed by atoms with Gasteiger partial charge >= 0.3 is 0 Å². The molecule has 0 radical (unpaired) electrons. The molecule has 2 N–H and O–H groups in total. The number of hydrogen-bond donors (Lipinski definition) is 2. The molecule has 1 rings (SSSR count). The van der Waals surface area contributed by atoms with Crippen molar-refractivity contribution < 1.29 is 14.6 Å². The number of aliphatic imine (C=N–C) groups is 1. The first-order valence-corrected chi connectivity index (χ1v) is 7.02. The molecule has 0 saturated heterocycles. The normalized spacial score (nSPS) is 16.4. The standard InChI is InChI=1S/C11H16NO3P/c1-12-7-11(13)9-16(14,15)8-10-5-3-2-4-6-10/h2-6,11,13H,1,7-9H2,(H,14,15)/t11-/m1/s1. The van der Waals surface area contributed by atoms with Crippen LogP contribution >= 0.6 is 7.37 Å². The fourth-order valence-corrected chi connectivity index (χ4v) is 3.15. The Kier molecular flexibility index (Phi) is 4.87. The fraction of sp³-hybridized carbons (Fsp3) is 0.364. The van der Waals surface area contributed by atoms with Crippen molar-refractivity contribution in [2.75, 3.05) is 12.7 Å². The third-order valence-electron chi connectivity index (χ3n) is 2.11. The molecule has 0 aliphatic rings. The van der Waals surface area contributed by atoms with Gasteiger partial charge in [0.1, 0.15) is 0 Å². The number of aliphatic hydroxyl groups excluding tert-OH is 1. The first-order valence-electron chi connectivity index (χ1n) is 4.99. The van der Waals surface area contributed by atoms with E-state index in [1.165, 1.54) is 0 Å². The molecule has 0 amide bonds. The van der Waals surface area contributed by atoms with E-state index in [1.807, 2.05) is 18.2 Å². The average Bonchev–Trinajstić information content (AvgIpc) is 2.17. The highest BCUT2D eigenvalue weighted by Crippen LogP contribution is 2.44. The maximum atomic E-state index is 11.8. The minimum atomic E-state index is -3.34. The number of nitrogens with zero attached hydrogens (tertiary/aromatic N) is 1. The van der Waals surface area contributed by atoms with Gasteiger partial charge in [-0.05, 0) is 12.3 Å². The molecule has 1 aromatic carbocycles. The number of benzene rings is 1. The molecule has 4 nitrogen and oxygen atoms in total. The molecule has 16 heavy (non-hydrogen) atoms. The monoisotopic (exact) mass is 241 g/mol. The Bertz CT molecular complexity index is 380. The number of hydrogen-bond acceptors (Lipinski definition) is 3. The van der Waals surface area contributed by atoms with Crippen LogP contribution in [0.4, 0.5) is 0 Å². The highest BCUT2D eigenvalue weighted by Gasteiger charge is 2.22. The lowest BCUT2D eigenvalue weighted by atomic mass is 10.2. The number of rotatable bonds is 6. The molecule has 0 fully saturated rings. The van der Waals surface area contributed by atoms with Crippen LogP contribution in [-0.4, -0.2) is 35.5 Å². The van der Waals surface area contributed by atoms with Gasteiger partial charge in [0.15, 0.2) is 0 Å². The predicted octanol–water partition coefficient (Wildman–Crippen LogP) is 1.52. The molecule has 1 aromatic rings. The van der Waals surface area contributed by atoms with Crippen molar-refractivity contribution in [1.82, 2.24) is 0 Å². The highest BCUT2D eigenvalue weighted by molar-refractivity contribution is 7.57. The van der Waals surface area contributed by atoms with Gasteiger partial charge in [-0.3, -0.25) is 9.56 Å². The first kappa shape index (κ1) is 13.1. The SMILES string of the molecule is C=NC[C@@H](O)CP(=O)(O)Cc1ccccc1. The van der Waals surface area contributed by atoms with Crippen LogP contribution in [0.15, 0.2) is 35.3 Å². The molecule has 88 valence electrons. The maximum absolute atomic E-state index is 11.8. The van der Waals surface area contributed by atoms with Crippen LogP contribution in [0.5, 0.6) is 0 Å². The van der Waals surface area contributed by atoms with Crippen LogP contribution in [0, 0.1) is 0 Å². The Balaban J connectivity index is 2.58. The van der Waals surface area contributed by atoms with Gasteiger partial charge < -0.3 is 10.00 Å². The third-order valence-corrected chi connectivity index (χ3v) is 3.96. The molecule has 5 heteroatoms. The maximum Gasteiger partial charge on any atom is 0.207 e. The van der Waals surface area contributed by atoms with Crippen LogP contribution in [0.2, 0.25) is 0 Å². The van der Waals surface area contributed by atoms with Crippen molar-refractivity contribution in [2.45, 2.75) is 12.3 Å². The largest absolute Gasteiger partial charge is 0.391 e.